The number of halogens is 3. The molecule has 10 heteroatoms. The van der Waals surface area contributed by atoms with Crippen LogP contribution in [-0.2, 0) is 22.1 Å². The lowest BCUT2D eigenvalue weighted by Gasteiger charge is -2.16. The summed E-state index contributed by atoms with van der Waals surface area (Å²) in [4.78, 5) is 14.5. The van der Waals surface area contributed by atoms with Gasteiger partial charge in [0.2, 0.25) is 0 Å². The number of ether oxygens (including phenoxy) is 2. The van der Waals surface area contributed by atoms with E-state index in [4.69, 9.17) is 4.74 Å². The molecule has 28 heavy (non-hydrogen) atoms. The second kappa shape index (κ2) is 9.85. The van der Waals surface area contributed by atoms with Crippen molar-refractivity contribution in [2.75, 3.05) is 20.3 Å². The van der Waals surface area contributed by atoms with Crippen molar-refractivity contribution >= 4 is 17.3 Å². The zero-order chi connectivity index (χ0) is 20.7. The maximum atomic E-state index is 12.6. The second-order valence-corrected chi connectivity index (χ2v) is 7.17. The Balaban J connectivity index is 1.79. The summed E-state index contributed by atoms with van der Waals surface area (Å²) >= 11 is 0.440. The highest BCUT2D eigenvalue weighted by molar-refractivity contribution is 7.11. The molecule has 2 aromatic rings. The van der Waals surface area contributed by atoms with Gasteiger partial charge in [-0.3, -0.25) is 0 Å². The van der Waals surface area contributed by atoms with Gasteiger partial charge >= 0.3 is 12.1 Å². The second-order valence-electron chi connectivity index (χ2n) is 6.10. The van der Waals surface area contributed by atoms with Crippen molar-refractivity contribution in [3.63, 3.8) is 0 Å². The fraction of sp³-hybridized carbons (Fsp3) is 0.444. The molecule has 2 atom stereocenters. The number of aliphatic hydroxyl groups is 1. The third kappa shape index (κ3) is 6.77. The Morgan fingerprint density at radius 1 is 1.32 bits per heavy atom. The summed E-state index contributed by atoms with van der Waals surface area (Å²) in [5.74, 6) is 0.0691. The molecule has 0 aliphatic heterocycles. The molecule has 154 valence electrons. The summed E-state index contributed by atoms with van der Waals surface area (Å²) in [7, 11) is 1.28. The van der Waals surface area contributed by atoms with Gasteiger partial charge in [-0.05, 0) is 31.0 Å². The molecule has 0 radical (unpaired) electrons. The van der Waals surface area contributed by atoms with Crippen LogP contribution < -0.4 is 10.1 Å². The van der Waals surface area contributed by atoms with Crippen LogP contribution in [-0.4, -0.2) is 42.4 Å². The minimum atomic E-state index is -4.50. The number of aliphatic hydroxyl groups excluding tert-OH is 1. The van der Waals surface area contributed by atoms with Gasteiger partial charge in [0.1, 0.15) is 11.9 Å². The third-order valence-corrected chi connectivity index (χ3v) is 4.95. The Labute approximate surface area is 164 Å². The number of esters is 1. The van der Waals surface area contributed by atoms with Crippen molar-refractivity contribution in [1.29, 1.82) is 0 Å². The fourth-order valence-electron chi connectivity index (χ4n) is 2.33. The number of hydrogen-bond acceptors (Lipinski definition) is 7. The van der Waals surface area contributed by atoms with E-state index in [0.29, 0.717) is 23.5 Å². The Kier molecular flexibility index (Phi) is 7.78. The Hall–Kier alpha value is -2.17. The van der Waals surface area contributed by atoms with Crippen LogP contribution in [0.3, 0.4) is 0 Å². The predicted molar refractivity (Wildman–Crippen MR) is 97.2 cm³/mol. The maximum absolute atomic E-state index is 12.6. The molecule has 1 heterocycles. The highest BCUT2D eigenvalue weighted by atomic mass is 32.1. The smallest absolute Gasteiger partial charge is 0.443 e. The van der Waals surface area contributed by atoms with Crippen LogP contribution >= 0.6 is 11.3 Å². The molecule has 2 N–H and O–H groups in total. The zero-order valence-corrected chi connectivity index (χ0v) is 16.1. The van der Waals surface area contributed by atoms with Crippen molar-refractivity contribution in [2.45, 2.75) is 31.7 Å². The SMILES string of the molecule is COC(=O)COc1ccc(CC(C)NCC(O)c2cnc(C(F)(F)F)s2)cc1. The van der Waals surface area contributed by atoms with E-state index < -0.39 is 23.3 Å². The van der Waals surface area contributed by atoms with Crippen LogP contribution in [0.25, 0.3) is 0 Å². The molecule has 0 bridgehead atoms. The van der Waals surface area contributed by atoms with Crippen LogP contribution in [0.1, 0.15) is 28.5 Å². The summed E-state index contributed by atoms with van der Waals surface area (Å²) in [5, 5.41) is 12.2. The lowest BCUT2D eigenvalue weighted by atomic mass is 10.1. The first-order valence-electron chi connectivity index (χ1n) is 8.42. The minimum Gasteiger partial charge on any atom is -0.482 e. The molecule has 0 saturated carbocycles. The molecule has 2 rings (SSSR count). The summed E-state index contributed by atoms with van der Waals surface area (Å²) in [6.07, 6.45) is -3.88. The van der Waals surface area contributed by atoms with Crippen LogP contribution in [0, 0.1) is 0 Å². The van der Waals surface area contributed by atoms with E-state index in [1.807, 2.05) is 19.1 Å². The number of alkyl halides is 3. The maximum Gasteiger partial charge on any atom is 0.443 e. The number of benzene rings is 1. The van der Waals surface area contributed by atoms with Crippen molar-refractivity contribution in [3.05, 3.63) is 45.9 Å². The van der Waals surface area contributed by atoms with Crippen molar-refractivity contribution < 1.29 is 32.5 Å². The van der Waals surface area contributed by atoms with E-state index in [1.165, 1.54) is 7.11 Å². The molecule has 0 aliphatic carbocycles. The van der Waals surface area contributed by atoms with Crippen molar-refractivity contribution in [1.82, 2.24) is 10.3 Å². The number of nitrogens with one attached hydrogen (secondary N) is 1. The number of thiazole rings is 1. The number of carbonyl (C=O) groups excluding carboxylic acids is 1. The lowest BCUT2D eigenvalue weighted by Crippen LogP contribution is -2.31. The van der Waals surface area contributed by atoms with E-state index >= 15 is 0 Å². The molecule has 0 fully saturated rings. The predicted octanol–water partition coefficient (Wildman–Crippen LogP) is 2.97. The van der Waals surface area contributed by atoms with Crippen LogP contribution in [0.2, 0.25) is 0 Å². The first kappa shape index (κ1) is 22.1. The number of nitrogens with zero attached hydrogens (tertiary/aromatic N) is 1. The molecular weight excluding hydrogens is 397 g/mol. The number of hydrogen-bond donors (Lipinski definition) is 2. The van der Waals surface area contributed by atoms with Gasteiger partial charge in [0.15, 0.2) is 11.6 Å². The third-order valence-electron chi connectivity index (χ3n) is 3.80. The number of aromatic nitrogens is 1. The van der Waals surface area contributed by atoms with Crippen molar-refractivity contribution in [3.8, 4) is 5.75 Å². The quantitative estimate of drug-likeness (QED) is 0.610. The van der Waals surface area contributed by atoms with Crippen LogP contribution in [0.15, 0.2) is 30.5 Å². The Bertz CT molecular complexity index is 765. The molecule has 0 amide bonds. The van der Waals surface area contributed by atoms with E-state index in [0.717, 1.165) is 11.8 Å². The van der Waals surface area contributed by atoms with Crippen molar-refractivity contribution in [2.24, 2.45) is 0 Å². The number of rotatable bonds is 9. The fourth-order valence-corrected chi connectivity index (χ4v) is 3.10. The largest absolute Gasteiger partial charge is 0.482 e. The van der Waals surface area contributed by atoms with Gasteiger partial charge in [-0.15, -0.1) is 11.3 Å². The van der Waals surface area contributed by atoms with Gasteiger partial charge in [-0.25, -0.2) is 9.78 Å². The number of methoxy groups -OCH3 is 1. The molecule has 0 aliphatic rings. The van der Waals surface area contributed by atoms with Gasteiger partial charge in [0, 0.05) is 18.8 Å². The molecule has 1 aromatic heterocycles. The number of carbonyl (C=O) groups is 1. The summed E-state index contributed by atoms with van der Waals surface area (Å²) < 4.78 is 47.5. The van der Waals surface area contributed by atoms with Gasteiger partial charge in [0.25, 0.3) is 0 Å². The Morgan fingerprint density at radius 3 is 2.57 bits per heavy atom. The highest BCUT2D eigenvalue weighted by Gasteiger charge is 2.35. The van der Waals surface area contributed by atoms with E-state index in [-0.39, 0.29) is 24.1 Å². The standard InChI is InChI=1S/C18H21F3N2O4S/c1-11(7-12-3-5-13(6-4-12)27-10-16(25)26-2)22-8-14(24)15-9-23-17(28-15)18(19,20)21/h3-6,9,11,14,22,24H,7-8,10H2,1-2H3. The van der Waals surface area contributed by atoms with E-state index in [1.54, 1.807) is 12.1 Å². The molecular formula is C18H21F3N2O4S. The lowest BCUT2D eigenvalue weighted by molar-refractivity contribution is -0.143. The molecule has 0 saturated heterocycles. The summed E-state index contributed by atoms with van der Waals surface area (Å²) in [6.45, 7) is 1.85. The van der Waals surface area contributed by atoms with Crippen LogP contribution in [0.5, 0.6) is 5.75 Å². The summed E-state index contributed by atoms with van der Waals surface area (Å²) in [6, 6.07) is 7.14. The Morgan fingerprint density at radius 2 is 2.00 bits per heavy atom. The molecule has 6 nitrogen and oxygen atoms in total. The normalized spacial score (nSPS) is 13.8. The molecule has 2 unspecified atom stereocenters. The average molecular weight is 418 g/mol. The first-order chi connectivity index (χ1) is 13.2. The highest BCUT2D eigenvalue weighted by Crippen LogP contribution is 2.34. The minimum absolute atomic E-state index is 0.0218. The topological polar surface area (TPSA) is 80.7 Å². The van der Waals surface area contributed by atoms with E-state index in [9.17, 15) is 23.1 Å². The van der Waals surface area contributed by atoms with Crippen LogP contribution in [0.4, 0.5) is 13.2 Å². The monoisotopic (exact) mass is 418 g/mol. The van der Waals surface area contributed by atoms with Gasteiger partial charge in [-0.2, -0.15) is 13.2 Å². The zero-order valence-electron chi connectivity index (χ0n) is 15.3. The molecule has 0 spiro atoms. The van der Waals surface area contributed by atoms with E-state index in [2.05, 4.69) is 15.0 Å². The molecule has 1 aromatic carbocycles. The average Bonchev–Trinajstić information content (AvgIpc) is 3.16. The summed E-state index contributed by atoms with van der Waals surface area (Å²) in [5.41, 5.74) is 0.997. The van der Waals surface area contributed by atoms with Gasteiger partial charge in [0.05, 0.1) is 12.0 Å². The van der Waals surface area contributed by atoms with Gasteiger partial charge in [-0.1, -0.05) is 12.1 Å². The first-order valence-corrected chi connectivity index (χ1v) is 9.23. The van der Waals surface area contributed by atoms with Gasteiger partial charge < -0.3 is 19.9 Å².